The van der Waals surface area contributed by atoms with Crippen molar-refractivity contribution in [2.24, 2.45) is 0 Å². The van der Waals surface area contributed by atoms with E-state index in [0.717, 1.165) is 32.3 Å². The summed E-state index contributed by atoms with van der Waals surface area (Å²) >= 11 is 3.53. The molecule has 106 valence electrons. The lowest BCUT2D eigenvalue weighted by Gasteiger charge is -2.11. The van der Waals surface area contributed by atoms with E-state index in [4.69, 9.17) is 4.98 Å². The molecule has 4 heteroatoms. The summed E-state index contributed by atoms with van der Waals surface area (Å²) in [5.74, 6) is 0. The number of hydrogen-bond acceptors (Lipinski definition) is 2. The molecule has 2 aromatic heterocycles. The number of rotatable bonds is 2. The second-order valence-corrected chi connectivity index (χ2v) is 5.94. The maximum atomic E-state index is 4.81. The van der Waals surface area contributed by atoms with E-state index in [9.17, 15) is 0 Å². The highest BCUT2D eigenvalue weighted by molar-refractivity contribution is 9.10. The highest BCUT2D eigenvalue weighted by Crippen LogP contribution is 2.29. The summed E-state index contributed by atoms with van der Waals surface area (Å²) in [5.41, 5.74) is 4.09. The predicted octanol–water partition coefficient (Wildman–Crippen LogP) is 4.85. The Bertz CT molecular complexity index is 931. The minimum atomic E-state index is 0.954. The van der Waals surface area contributed by atoms with Crippen molar-refractivity contribution < 1.29 is 0 Å². The zero-order valence-corrected chi connectivity index (χ0v) is 13.2. The molecule has 0 unspecified atom stereocenters. The molecule has 0 aliphatic rings. The van der Waals surface area contributed by atoms with Gasteiger partial charge in [0.25, 0.3) is 0 Å². The van der Waals surface area contributed by atoms with Crippen LogP contribution in [0.15, 0.2) is 77.8 Å². The van der Waals surface area contributed by atoms with Gasteiger partial charge in [0.2, 0.25) is 0 Å². The molecule has 3 nitrogen and oxygen atoms in total. The van der Waals surface area contributed by atoms with Gasteiger partial charge < -0.3 is 4.57 Å². The molecule has 0 saturated heterocycles. The number of benzene rings is 2. The van der Waals surface area contributed by atoms with E-state index in [-0.39, 0.29) is 0 Å². The van der Waals surface area contributed by atoms with Crippen molar-refractivity contribution in [3.8, 4) is 16.9 Å². The first-order valence-electron chi connectivity index (χ1n) is 6.95. The molecule has 2 heterocycles. The lowest BCUT2D eigenvalue weighted by atomic mass is 10.1. The summed E-state index contributed by atoms with van der Waals surface area (Å²) in [7, 11) is 0. The van der Waals surface area contributed by atoms with Gasteiger partial charge in [-0.1, -0.05) is 46.3 Å². The fourth-order valence-corrected chi connectivity index (χ4v) is 2.90. The second kappa shape index (κ2) is 5.39. The van der Waals surface area contributed by atoms with E-state index in [1.54, 1.807) is 6.20 Å². The third kappa shape index (κ3) is 2.31. The molecule has 0 saturated carbocycles. The van der Waals surface area contributed by atoms with Crippen LogP contribution in [0, 0.1) is 0 Å². The molecule has 0 amide bonds. The fraction of sp³-hybridized carbons (Fsp3) is 0. The predicted molar refractivity (Wildman–Crippen MR) is 92.0 cm³/mol. The van der Waals surface area contributed by atoms with Gasteiger partial charge in [-0.2, -0.15) is 0 Å². The molecule has 0 aliphatic heterocycles. The minimum Gasteiger partial charge on any atom is -0.306 e. The van der Waals surface area contributed by atoms with Crippen LogP contribution in [-0.2, 0) is 0 Å². The van der Waals surface area contributed by atoms with E-state index >= 15 is 0 Å². The molecular formula is C18H12BrN3. The van der Waals surface area contributed by atoms with Crippen molar-refractivity contribution in [3.05, 3.63) is 77.8 Å². The van der Waals surface area contributed by atoms with E-state index < -0.39 is 0 Å². The molecule has 0 bridgehead atoms. The fourth-order valence-electron chi connectivity index (χ4n) is 2.56. The van der Waals surface area contributed by atoms with Crippen LogP contribution in [0.25, 0.3) is 27.8 Å². The van der Waals surface area contributed by atoms with Gasteiger partial charge in [-0.05, 0) is 24.3 Å². The van der Waals surface area contributed by atoms with Gasteiger partial charge in [0.1, 0.15) is 0 Å². The highest BCUT2D eigenvalue weighted by Gasteiger charge is 2.09. The van der Waals surface area contributed by atoms with Crippen LogP contribution in [0.3, 0.4) is 0 Å². The Balaban J connectivity index is 2.04. The Morgan fingerprint density at radius 2 is 1.82 bits per heavy atom. The van der Waals surface area contributed by atoms with Crippen LogP contribution in [0.1, 0.15) is 0 Å². The largest absolute Gasteiger partial charge is 0.306 e. The molecule has 4 rings (SSSR count). The number of aromatic nitrogens is 3. The first-order valence-corrected chi connectivity index (χ1v) is 7.74. The first-order chi connectivity index (χ1) is 10.8. The Kier molecular flexibility index (Phi) is 3.24. The van der Waals surface area contributed by atoms with Crippen LogP contribution < -0.4 is 0 Å². The maximum Gasteiger partial charge on any atom is 0.0991 e. The van der Waals surface area contributed by atoms with Gasteiger partial charge in [0.05, 0.1) is 23.2 Å². The quantitative estimate of drug-likeness (QED) is 0.517. The molecular weight excluding hydrogens is 338 g/mol. The Morgan fingerprint density at radius 3 is 2.59 bits per heavy atom. The number of halogens is 1. The summed E-state index contributed by atoms with van der Waals surface area (Å²) in [6.45, 7) is 0. The topological polar surface area (TPSA) is 30.7 Å². The van der Waals surface area contributed by atoms with Crippen LogP contribution in [0.4, 0.5) is 0 Å². The number of pyridine rings is 1. The van der Waals surface area contributed by atoms with Gasteiger partial charge in [-0.25, -0.2) is 9.97 Å². The zero-order valence-electron chi connectivity index (χ0n) is 11.6. The van der Waals surface area contributed by atoms with E-state index in [2.05, 4.69) is 45.2 Å². The monoisotopic (exact) mass is 349 g/mol. The summed E-state index contributed by atoms with van der Waals surface area (Å²) in [6, 6.07) is 18.5. The average molecular weight is 350 g/mol. The number of hydrogen-bond donors (Lipinski definition) is 0. The van der Waals surface area contributed by atoms with Crippen molar-refractivity contribution in [3.63, 3.8) is 0 Å². The average Bonchev–Trinajstić information content (AvgIpc) is 3.08. The van der Waals surface area contributed by atoms with Crippen molar-refractivity contribution in [2.75, 3.05) is 0 Å². The van der Waals surface area contributed by atoms with Gasteiger partial charge in [-0.15, -0.1) is 0 Å². The van der Waals surface area contributed by atoms with Crippen molar-refractivity contribution in [1.29, 1.82) is 0 Å². The third-order valence-corrected chi connectivity index (χ3v) is 4.10. The van der Waals surface area contributed by atoms with Gasteiger partial charge in [-0.3, -0.25) is 0 Å². The number of imidazole rings is 1. The van der Waals surface area contributed by atoms with Gasteiger partial charge >= 0.3 is 0 Å². The maximum absolute atomic E-state index is 4.81. The van der Waals surface area contributed by atoms with E-state index in [1.165, 1.54) is 0 Å². The molecule has 0 N–H and O–H groups in total. The standard InChI is InChI=1S/C18H12BrN3/c19-14-6-7-15-17(10-14)21-16(13-4-2-1-3-5-13)11-18(15)22-9-8-20-12-22/h1-12H. The van der Waals surface area contributed by atoms with Crippen LogP contribution >= 0.6 is 15.9 Å². The number of fused-ring (bicyclic) bond motifs is 1. The van der Waals surface area contributed by atoms with Gasteiger partial charge in [0.15, 0.2) is 0 Å². The van der Waals surface area contributed by atoms with Crippen molar-refractivity contribution in [2.45, 2.75) is 0 Å². The summed E-state index contributed by atoms with van der Waals surface area (Å²) < 4.78 is 3.04. The molecule has 0 radical (unpaired) electrons. The molecule has 0 aliphatic carbocycles. The molecule has 0 fully saturated rings. The SMILES string of the molecule is Brc1ccc2c(-n3ccnc3)cc(-c3ccccc3)nc2c1. The second-order valence-electron chi connectivity index (χ2n) is 5.02. The smallest absolute Gasteiger partial charge is 0.0991 e. The third-order valence-electron chi connectivity index (χ3n) is 3.60. The Hall–Kier alpha value is -2.46. The summed E-state index contributed by atoms with van der Waals surface area (Å²) in [6.07, 6.45) is 5.55. The van der Waals surface area contributed by atoms with E-state index in [0.29, 0.717) is 0 Å². The lowest BCUT2D eigenvalue weighted by molar-refractivity contribution is 1.06. The normalized spacial score (nSPS) is 11.0. The Labute approximate surface area is 136 Å². The summed E-state index contributed by atoms with van der Waals surface area (Å²) in [5, 5.41) is 1.10. The molecule has 0 spiro atoms. The lowest BCUT2D eigenvalue weighted by Crippen LogP contribution is -1.96. The highest BCUT2D eigenvalue weighted by atomic mass is 79.9. The first kappa shape index (κ1) is 13.2. The van der Waals surface area contributed by atoms with Crippen LogP contribution in [0.2, 0.25) is 0 Å². The molecule has 22 heavy (non-hydrogen) atoms. The van der Waals surface area contributed by atoms with Gasteiger partial charge in [0, 0.05) is 27.8 Å². The molecule has 0 atom stereocenters. The Morgan fingerprint density at radius 1 is 0.955 bits per heavy atom. The minimum absolute atomic E-state index is 0.954. The van der Waals surface area contributed by atoms with E-state index in [1.807, 2.05) is 47.4 Å². The van der Waals surface area contributed by atoms with Crippen LogP contribution in [-0.4, -0.2) is 14.5 Å². The number of nitrogens with zero attached hydrogens (tertiary/aromatic N) is 3. The molecule has 4 aromatic rings. The van der Waals surface area contributed by atoms with Crippen molar-refractivity contribution in [1.82, 2.24) is 14.5 Å². The van der Waals surface area contributed by atoms with Crippen LogP contribution in [0.5, 0.6) is 0 Å². The molecule has 2 aromatic carbocycles. The van der Waals surface area contributed by atoms with Crippen molar-refractivity contribution >= 4 is 26.8 Å². The summed E-state index contributed by atoms with van der Waals surface area (Å²) in [4.78, 5) is 8.97. The zero-order chi connectivity index (χ0) is 14.9.